The lowest BCUT2D eigenvalue weighted by Gasteiger charge is -2.28. The Labute approximate surface area is 177 Å². The molecule has 0 heterocycles. The van der Waals surface area contributed by atoms with Gasteiger partial charge in [0.15, 0.2) is 0 Å². The van der Waals surface area contributed by atoms with E-state index in [1.165, 1.54) is 6.92 Å². The number of anilines is 3. The van der Waals surface area contributed by atoms with Gasteiger partial charge in [-0.15, -0.1) is 0 Å². The number of carbonyl (C=O) groups is 2. The predicted octanol–water partition coefficient (Wildman–Crippen LogP) is 2.29. The van der Waals surface area contributed by atoms with Gasteiger partial charge in [0.25, 0.3) is 0 Å². The number of aryl methyl sites for hydroxylation is 1. The maximum Gasteiger partial charge on any atom is 0.247 e. The van der Waals surface area contributed by atoms with Gasteiger partial charge in [0.2, 0.25) is 21.8 Å². The van der Waals surface area contributed by atoms with Crippen molar-refractivity contribution in [2.24, 2.45) is 0 Å². The Hall–Kier alpha value is -2.91. The van der Waals surface area contributed by atoms with Crippen LogP contribution in [0.5, 0.6) is 0 Å². The summed E-state index contributed by atoms with van der Waals surface area (Å²) in [5.74, 6) is -0.603. The molecule has 2 rings (SSSR count). The third kappa shape index (κ3) is 6.30. The summed E-state index contributed by atoms with van der Waals surface area (Å²) in [4.78, 5) is 26.5. The van der Waals surface area contributed by atoms with E-state index in [9.17, 15) is 18.0 Å². The van der Waals surface area contributed by atoms with Crippen LogP contribution in [0.4, 0.5) is 17.1 Å². The van der Waals surface area contributed by atoms with Crippen LogP contribution in [-0.4, -0.2) is 58.1 Å². The number of para-hydroxylation sites is 1. The molecule has 0 saturated heterocycles. The molecule has 0 aliphatic rings. The lowest BCUT2D eigenvalue weighted by Crippen LogP contribution is -2.45. The summed E-state index contributed by atoms with van der Waals surface area (Å²) in [6, 6.07) is 12.6. The number of rotatable bonds is 8. The average molecular weight is 433 g/mol. The largest absolute Gasteiger partial charge is 0.325 e. The van der Waals surface area contributed by atoms with Crippen LogP contribution in [-0.2, 0) is 19.6 Å². The fourth-order valence-corrected chi connectivity index (χ4v) is 4.16. The van der Waals surface area contributed by atoms with Gasteiger partial charge in [-0.05, 0) is 63.8 Å². The highest BCUT2D eigenvalue weighted by Crippen LogP contribution is 2.23. The van der Waals surface area contributed by atoms with Crippen molar-refractivity contribution in [1.82, 2.24) is 4.90 Å². The van der Waals surface area contributed by atoms with E-state index in [0.717, 1.165) is 16.1 Å². The normalized spacial score (nSPS) is 12.3. The molecule has 0 spiro atoms. The van der Waals surface area contributed by atoms with Crippen LogP contribution in [0.25, 0.3) is 0 Å². The van der Waals surface area contributed by atoms with Crippen LogP contribution in [0.3, 0.4) is 0 Å². The lowest BCUT2D eigenvalue weighted by molar-refractivity contribution is -0.117. The van der Waals surface area contributed by atoms with Crippen molar-refractivity contribution >= 4 is 38.9 Å². The molecule has 0 aliphatic heterocycles. The third-order valence-corrected chi connectivity index (χ3v) is 5.57. The van der Waals surface area contributed by atoms with Crippen molar-refractivity contribution in [2.45, 2.75) is 19.9 Å². The Kier molecular flexibility index (Phi) is 7.58. The highest BCUT2D eigenvalue weighted by molar-refractivity contribution is 7.92. The lowest BCUT2D eigenvalue weighted by atomic mass is 10.1. The van der Waals surface area contributed by atoms with Crippen LogP contribution in [0.15, 0.2) is 48.5 Å². The molecule has 0 bridgehead atoms. The second-order valence-corrected chi connectivity index (χ2v) is 9.23. The number of hydrogen-bond acceptors (Lipinski definition) is 5. The third-order valence-electron chi connectivity index (χ3n) is 4.33. The minimum absolute atomic E-state index is 0.139. The van der Waals surface area contributed by atoms with E-state index in [-0.39, 0.29) is 12.5 Å². The molecule has 0 fully saturated rings. The maximum atomic E-state index is 12.8. The van der Waals surface area contributed by atoms with Crippen molar-refractivity contribution in [1.29, 1.82) is 0 Å². The summed E-state index contributed by atoms with van der Waals surface area (Å²) >= 11 is 0. The summed E-state index contributed by atoms with van der Waals surface area (Å²) < 4.78 is 25.7. The van der Waals surface area contributed by atoms with Gasteiger partial charge >= 0.3 is 0 Å². The zero-order chi connectivity index (χ0) is 22.5. The van der Waals surface area contributed by atoms with Gasteiger partial charge in [-0.2, -0.15) is 0 Å². The van der Waals surface area contributed by atoms with Gasteiger partial charge in [-0.25, -0.2) is 8.42 Å². The van der Waals surface area contributed by atoms with Gasteiger partial charge < -0.3 is 15.5 Å². The number of amides is 2. The molecule has 162 valence electrons. The van der Waals surface area contributed by atoms with Gasteiger partial charge in [0.1, 0.15) is 6.04 Å². The molecule has 30 heavy (non-hydrogen) atoms. The second-order valence-electron chi connectivity index (χ2n) is 7.38. The van der Waals surface area contributed by atoms with E-state index < -0.39 is 22.0 Å². The first-order valence-electron chi connectivity index (χ1n) is 9.39. The fourth-order valence-electron chi connectivity index (χ4n) is 2.99. The van der Waals surface area contributed by atoms with Crippen LogP contribution < -0.4 is 14.9 Å². The second kappa shape index (κ2) is 9.73. The topological polar surface area (TPSA) is 98.8 Å². The Morgan fingerprint density at radius 2 is 1.67 bits per heavy atom. The van der Waals surface area contributed by atoms with Crippen LogP contribution in [0, 0.1) is 6.92 Å². The summed E-state index contributed by atoms with van der Waals surface area (Å²) in [7, 11) is -0.0578. The molecule has 8 nitrogen and oxygen atoms in total. The molecular formula is C21H28N4O4S. The van der Waals surface area contributed by atoms with E-state index in [4.69, 9.17) is 0 Å². The Balaban J connectivity index is 2.16. The van der Waals surface area contributed by atoms with Gasteiger partial charge in [-0.3, -0.25) is 13.9 Å². The number of nitrogens with one attached hydrogen (secondary N) is 2. The number of carbonyl (C=O) groups excluding carboxylic acids is 2. The molecule has 0 radical (unpaired) electrons. The van der Waals surface area contributed by atoms with Crippen molar-refractivity contribution < 1.29 is 18.0 Å². The standard InChI is InChI=1S/C21H28N4O4S/c1-15-13-17(11-12-19(15)23-20(26)14-24(3)4)22-21(27)16(2)25(30(5,28)29)18-9-7-6-8-10-18/h6-13,16H,14H2,1-5H3,(H,22,27)(H,23,26). The Bertz CT molecular complexity index is 1010. The number of likely N-dealkylation sites (N-methyl/N-ethyl adjacent to an activating group) is 1. The van der Waals surface area contributed by atoms with Gasteiger partial charge in [0, 0.05) is 11.4 Å². The summed E-state index contributed by atoms with van der Waals surface area (Å²) in [5.41, 5.74) is 2.35. The van der Waals surface area contributed by atoms with Gasteiger partial charge in [0.05, 0.1) is 18.5 Å². The zero-order valence-electron chi connectivity index (χ0n) is 17.8. The molecule has 9 heteroatoms. The number of sulfonamides is 1. The smallest absolute Gasteiger partial charge is 0.247 e. The molecule has 1 atom stereocenters. The van der Waals surface area contributed by atoms with Crippen molar-refractivity contribution in [3.05, 3.63) is 54.1 Å². The average Bonchev–Trinajstić information content (AvgIpc) is 2.63. The van der Waals surface area contributed by atoms with E-state index in [0.29, 0.717) is 17.1 Å². The minimum Gasteiger partial charge on any atom is -0.325 e. The molecular weight excluding hydrogens is 404 g/mol. The molecule has 2 aromatic rings. The number of nitrogens with zero attached hydrogens (tertiary/aromatic N) is 2. The quantitative estimate of drug-likeness (QED) is 0.667. The highest BCUT2D eigenvalue weighted by Gasteiger charge is 2.29. The summed E-state index contributed by atoms with van der Waals surface area (Å²) in [6.07, 6.45) is 1.07. The van der Waals surface area contributed by atoms with Crippen LogP contribution >= 0.6 is 0 Å². The maximum absolute atomic E-state index is 12.8. The molecule has 2 aromatic carbocycles. The minimum atomic E-state index is -3.67. The molecule has 1 unspecified atom stereocenters. The zero-order valence-corrected chi connectivity index (χ0v) is 18.7. The van der Waals surface area contributed by atoms with Crippen LogP contribution in [0.1, 0.15) is 12.5 Å². The highest BCUT2D eigenvalue weighted by atomic mass is 32.2. The summed E-state index contributed by atoms with van der Waals surface area (Å²) in [6.45, 7) is 3.61. The van der Waals surface area contributed by atoms with Crippen LogP contribution in [0.2, 0.25) is 0 Å². The number of hydrogen-bond donors (Lipinski definition) is 2. The molecule has 0 saturated carbocycles. The number of benzene rings is 2. The van der Waals surface area contributed by atoms with E-state index in [2.05, 4.69) is 10.6 Å². The monoisotopic (exact) mass is 432 g/mol. The SMILES string of the molecule is Cc1cc(NC(=O)C(C)N(c2ccccc2)S(C)(=O)=O)ccc1NC(=O)CN(C)C. The van der Waals surface area contributed by atoms with Crippen molar-refractivity contribution in [3.63, 3.8) is 0 Å². The van der Waals surface area contributed by atoms with Crippen molar-refractivity contribution in [2.75, 3.05) is 41.8 Å². The molecule has 0 aromatic heterocycles. The van der Waals surface area contributed by atoms with E-state index in [1.54, 1.807) is 53.4 Å². The molecule has 2 amide bonds. The Morgan fingerprint density at radius 3 is 2.20 bits per heavy atom. The first kappa shape index (κ1) is 23.4. The first-order valence-corrected chi connectivity index (χ1v) is 11.2. The predicted molar refractivity (Wildman–Crippen MR) is 120 cm³/mol. The van der Waals surface area contributed by atoms with Crippen molar-refractivity contribution in [3.8, 4) is 0 Å². The molecule has 0 aliphatic carbocycles. The van der Waals surface area contributed by atoms with Gasteiger partial charge in [-0.1, -0.05) is 18.2 Å². The van der Waals surface area contributed by atoms with E-state index in [1.807, 2.05) is 21.0 Å². The Morgan fingerprint density at radius 1 is 1.03 bits per heavy atom. The summed E-state index contributed by atoms with van der Waals surface area (Å²) in [5, 5.41) is 5.58. The first-order chi connectivity index (χ1) is 14.0. The van der Waals surface area contributed by atoms with E-state index >= 15 is 0 Å². The molecule has 2 N–H and O–H groups in total. The fraction of sp³-hybridized carbons (Fsp3) is 0.333.